The molecule has 1 aromatic rings. The molecule has 1 atom stereocenters. The molecule has 1 heterocycles. The zero-order valence-corrected chi connectivity index (χ0v) is 13.0. The molecule has 0 aliphatic carbocycles. The summed E-state index contributed by atoms with van der Waals surface area (Å²) in [4.78, 5) is 13.9. The van der Waals surface area contributed by atoms with Crippen molar-refractivity contribution in [3.63, 3.8) is 0 Å². The summed E-state index contributed by atoms with van der Waals surface area (Å²) in [7, 11) is 0. The summed E-state index contributed by atoms with van der Waals surface area (Å²) in [5, 5.41) is 0. The molecule has 1 aliphatic rings. The van der Waals surface area contributed by atoms with E-state index in [4.69, 9.17) is 10.5 Å². The highest BCUT2D eigenvalue weighted by atomic mass is 79.9. The molecule has 1 aromatic carbocycles. The van der Waals surface area contributed by atoms with Gasteiger partial charge in [-0.05, 0) is 39.3 Å². The number of hydrogen-bond donors (Lipinski definition) is 1. The van der Waals surface area contributed by atoms with Gasteiger partial charge in [0.2, 0.25) is 0 Å². The van der Waals surface area contributed by atoms with E-state index in [9.17, 15) is 4.79 Å². The van der Waals surface area contributed by atoms with E-state index in [1.54, 1.807) is 4.90 Å². The van der Waals surface area contributed by atoms with Crippen molar-refractivity contribution >= 4 is 27.7 Å². The Balaban J connectivity index is 2.34. The minimum absolute atomic E-state index is 0.0516. The van der Waals surface area contributed by atoms with E-state index < -0.39 is 5.60 Å². The molecule has 2 rings (SSSR count). The number of fused-ring (bicyclic) bond motifs is 1. The maximum Gasteiger partial charge on any atom is 0.414 e. The second-order valence-corrected chi connectivity index (χ2v) is 6.55. The van der Waals surface area contributed by atoms with Gasteiger partial charge in [0, 0.05) is 22.6 Å². The number of amides is 1. The minimum Gasteiger partial charge on any atom is -0.443 e. The van der Waals surface area contributed by atoms with E-state index in [0.717, 1.165) is 22.1 Å². The number of benzene rings is 1. The SMILES string of the molecule is CC(C)(C)OC(=O)N1CCC(N)c2c(Br)cccc21. The standard InChI is InChI=1S/C14H19BrN2O2/c1-14(2,3)19-13(18)17-8-7-10(16)12-9(15)5-4-6-11(12)17/h4-6,10H,7-8,16H2,1-3H3. The van der Waals surface area contributed by atoms with Crippen molar-refractivity contribution < 1.29 is 9.53 Å². The maximum atomic E-state index is 12.2. The van der Waals surface area contributed by atoms with Gasteiger partial charge < -0.3 is 10.5 Å². The first kappa shape index (κ1) is 14.3. The molecule has 104 valence electrons. The molecule has 5 heteroatoms. The molecule has 0 saturated carbocycles. The van der Waals surface area contributed by atoms with E-state index in [-0.39, 0.29) is 12.1 Å². The van der Waals surface area contributed by atoms with E-state index in [1.165, 1.54) is 0 Å². The molecule has 1 amide bonds. The Morgan fingerprint density at radius 1 is 1.47 bits per heavy atom. The average Bonchev–Trinajstić information content (AvgIpc) is 2.26. The second-order valence-electron chi connectivity index (χ2n) is 5.70. The van der Waals surface area contributed by atoms with E-state index in [1.807, 2.05) is 39.0 Å². The van der Waals surface area contributed by atoms with Gasteiger partial charge in [-0.15, -0.1) is 0 Å². The van der Waals surface area contributed by atoms with Crippen molar-refractivity contribution in [2.24, 2.45) is 5.73 Å². The van der Waals surface area contributed by atoms with Gasteiger partial charge in [-0.3, -0.25) is 4.90 Å². The predicted molar refractivity (Wildman–Crippen MR) is 79.3 cm³/mol. The summed E-state index contributed by atoms with van der Waals surface area (Å²) in [5.41, 5.74) is 7.44. The van der Waals surface area contributed by atoms with Crippen LogP contribution in [0.2, 0.25) is 0 Å². The topological polar surface area (TPSA) is 55.6 Å². The molecule has 0 saturated heterocycles. The smallest absolute Gasteiger partial charge is 0.414 e. The lowest BCUT2D eigenvalue weighted by Gasteiger charge is -2.34. The quantitative estimate of drug-likeness (QED) is 0.792. The number of rotatable bonds is 0. The largest absolute Gasteiger partial charge is 0.443 e. The number of halogens is 1. The molecular formula is C14H19BrN2O2. The second kappa shape index (κ2) is 5.13. The third-order valence-corrected chi connectivity index (χ3v) is 3.66. The first-order valence-corrected chi connectivity index (χ1v) is 7.13. The van der Waals surface area contributed by atoms with Gasteiger partial charge in [-0.2, -0.15) is 0 Å². The van der Waals surface area contributed by atoms with Crippen LogP contribution in [0, 0.1) is 0 Å². The van der Waals surface area contributed by atoms with Gasteiger partial charge in [-0.25, -0.2) is 4.79 Å². The molecule has 0 spiro atoms. The average molecular weight is 327 g/mol. The fourth-order valence-corrected chi connectivity index (χ4v) is 2.82. The van der Waals surface area contributed by atoms with Gasteiger partial charge in [0.1, 0.15) is 5.60 Å². The molecule has 19 heavy (non-hydrogen) atoms. The first-order chi connectivity index (χ1) is 8.79. The summed E-state index contributed by atoms with van der Waals surface area (Å²) in [5.74, 6) is 0. The Bertz CT molecular complexity index is 497. The van der Waals surface area contributed by atoms with Crippen LogP contribution in [0.5, 0.6) is 0 Å². The fraction of sp³-hybridized carbons (Fsp3) is 0.500. The summed E-state index contributed by atoms with van der Waals surface area (Å²) < 4.78 is 6.38. The number of nitrogens with zero attached hydrogens (tertiary/aromatic N) is 1. The van der Waals surface area contributed by atoms with E-state index in [0.29, 0.717) is 6.54 Å². The van der Waals surface area contributed by atoms with Crippen LogP contribution in [0.1, 0.15) is 38.8 Å². The van der Waals surface area contributed by atoms with Crippen molar-refractivity contribution in [3.05, 3.63) is 28.2 Å². The monoisotopic (exact) mass is 326 g/mol. The van der Waals surface area contributed by atoms with Gasteiger partial charge >= 0.3 is 6.09 Å². The minimum atomic E-state index is -0.497. The summed E-state index contributed by atoms with van der Waals surface area (Å²) >= 11 is 3.50. The lowest BCUT2D eigenvalue weighted by Crippen LogP contribution is -2.41. The molecule has 0 radical (unpaired) electrons. The zero-order chi connectivity index (χ0) is 14.2. The Kier molecular flexibility index (Phi) is 3.87. The molecule has 1 aliphatic heterocycles. The summed E-state index contributed by atoms with van der Waals surface area (Å²) in [6.45, 7) is 6.17. The number of hydrogen-bond acceptors (Lipinski definition) is 3. The lowest BCUT2D eigenvalue weighted by atomic mass is 9.97. The Labute approximate surface area is 122 Å². The lowest BCUT2D eigenvalue weighted by molar-refractivity contribution is 0.0576. The summed E-state index contributed by atoms with van der Waals surface area (Å²) in [6, 6.07) is 5.70. The molecule has 0 bridgehead atoms. The van der Waals surface area contributed by atoms with Crippen LogP contribution in [-0.2, 0) is 4.74 Å². The van der Waals surface area contributed by atoms with Gasteiger partial charge in [0.05, 0.1) is 5.69 Å². The Morgan fingerprint density at radius 3 is 2.79 bits per heavy atom. The Morgan fingerprint density at radius 2 is 2.16 bits per heavy atom. The summed E-state index contributed by atoms with van der Waals surface area (Å²) in [6.07, 6.45) is 0.410. The van der Waals surface area contributed by atoms with Crippen LogP contribution in [0.25, 0.3) is 0 Å². The molecule has 4 nitrogen and oxygen atoms in total. The highest BCUT2D eigenvalue weighted by molar-refractivity contribution is 9.10. The predicted octanol–water partition coefficient (Wildman–Crippen LogP) is 3.59. The van der Waals surface area contributed by atoms with Crippen molar-refractivity contribution in [1.82, 2.24) is 0 Å². The van der Waals surface area contributed by atoms with Gasteiger partial charge in [-0.1, -0.05) is 22.0 Å². The van der Waals surface area contributed by atoms with Crippen LogP contribution in [0.3, 0.4) is 0 Å². The number of carbonyl (C=O) groups excluding carboxylic acids is 1. The van der Waals surface area contributed by atoms with Crippen LogP contribution >= 0.6 is 15.9 Å². The number of nitrogens with two attached hydrogens (primary N) is 1. The normalized spacial score (nSPS) is 19.0. The van der Waals surface area contributed by atoms with Crippen LogP contribution in [-0.4, -0.2) is 18.2 Å². The fourth-order valence-electron chi connectivity index (χ4n) is 2.17. The van der Waals surface area contributed by atoms with E-state index in [2.05, 4.69) is 15.9 Å². The van der Waals surface area contributed by atoms with Gasteiger partial charge in [0.25, 0.3) is 0 Å². The Hall–Kier alpha value is -1.07. The van der Waals surface area contributed by atoms with E-state index >= 15 is 0 Å². The van der Waals surface area contributed by atoms with Crippen molar-refractivity contribution in [2.75, 3.05) is 11.4 Å². The van der Waals surface area contributed by atoms with Crippen molar-refractivity contribution in [2.45, 2.75) is 38.8 Å². The van der Waals surface area contributed by atoms with Crippen molar-refractivity contribution in [1.29, 1.82) is 0 Å². The van der Waals surface area contributed by atoms with Crippen LogP contribution in [0.15, 0.2) is 22.7 Å². The molecule has 0 fully saturated rings. The number of carbonyl (C=O) groups is 1. The van der Waals surface area contributed by atoms with Crippen LogP contribution < -0.4 is 10.6 Å². The van der Waals surface area contributed by atoms with Crippen molar-refractivity contribution in [3.8, 4) is 0 Å². The first-order valence-electron chi connectivity index (χ1n) is 6.34. The highest BCUT2D eigenvalue weighted by Gasteiger charge is 2.31. The third-order valence-electron chi connectivity index (χ3n) is 2.97. The highest BCUT2D eigenvalue weighted by Crippen LogP contribution is 2.37. The molecule has 2 N–H and O–H groups in total. The zero-order valence-electron chi connectivity index (χ0n) is 11.4. The molecular weight excluding hydrogens is 308 g/mol. The molecule has 1 unspecified atom stereocenters. The number of ether oxygens (including phenoxy) is 1. The molecule has 0 aromatic heterocycles. The third kappa shape index (κ3) is 3.09. The maximum absolute atomic E-state index is 12.2. The number of anilines is 1. The van der Waals surface area contributed by atoms with Crippen LogP contribution in [0.4, 0.5) is 10.5 Å². The van der Waals surface area contributed by atoms with Gasteiger partial charge in [0.15, 0.2) is 0 Å².